The molecule has 4 N–H and O–H groups in total. The van der Waals surface area contributed by atoms with Crippen molar-refractivity contribution in [2.75, 3.05) is 42.8 Å². The summed E-state index contributed by atoms with van der Waals surface area (Å²) in [6.45, 7) is 8.18. The van der Waals surface area contributed by atoms with Gasteiger partial charge in [0.1, 0.15) is 24.2 Å². The van der Waals surface area contributed by atoms with E-state index in [1.165, 1.54) is 14.2 Å². The van der Waals surface area contributed by atoms with E-state index in [1.807, 2.05) is 94.6 Å². The number of hydrogen-bond donors (Lipinski definition) is 4. The molecule has 4 aromatic rings. The van der Waals surface area contributed by atoms with E-state index in [0.717, 1.165) is 40.8 Å². The second-order valence-corrected chi connectivity index (χ2v) is 18.1. The molecular formula is C51H62N8O8. The van der Waals surface area contributed by atoms with Gasteiger partial charge in [0.15, 0.2) is 0 Å². The van der Waals surface area contributed by atoms with Crippen molar-refractivity contribution in [2.45, 2.75) is 102 Å². The lowest BCUT2D eigenvalue weighted by molar-refractivity contribution is -0.139. The molecule has 3 fully saturated rings. The van der Waals surface area contributed by atoms with Crippen LogP contribution in [0.1, 0.15) is 89.4 Å². The Labute approximate surface area is 392 Å². The van der Waals surface area contributed by atoms with Gasteiger partial charge >= 0.3 is 12.2 Å². The minimum Gasteiger partial charge on any atom is -0.453 e. The van der Waals surface area contributed by atoms with Crippen LogP contribution in [0, 0.1) is 11.8 Å². The van der Waals surface area contributed by atoms with Gasteiger partial charge in [0, 0.05) is 42.5 Å². The Morgan fingerprint density at radius 1 is 0.582 bits per heavy atom. The van der Waals surface area contributed by atoms with Gasteiger partial charge < -0.3 is 45.4 Å². The van der Waals surface area contributed by atoms with Crippen molar-refractivity contribution in [1.82, 2.24) is 25.4 Å². The van der Waals surface area contributed by atoms with E-state index >= 15 is 0 Å². The number of anilines is 3. The molecule has 0 radical (unpaired) electrons. The maximum absolute atomic E-state index is 13.7. The largest absolute Gasteiger partial charge is 0.453 e. The number of carbonyl (C=O) groups excluding carboxylic acids is 6. The minimum absolute atomic E-state index is 0.00850. The SMILES string of the molecule is COC(=O)N[C@H](C(=O)N1CCC[C@H]1C(=O)Nc1ccc(C2CCC(c3ccc(NC(=O)[C@@H]4CCCN4C(=O)[C@@H](NC(=O)OC)C(C)C)cc3)N2c2ccc(-c3cccnc3)cc2)cc1)C(C)C. The summed E-state index contributed by atoms with van der Waals surface area (Å²) in [6, 6.07) is 25.2. The molecule has 354 valence electrons. The van der Waals surface area contributed by atoms with Crippen LogP contribution in [0.3, 0.4) is 0 Å². The van der Waals surface area contributed by atoms with Crippen LogP contribution in [-0.4, -0.2) is 102 Å². The molecule has 3 aliphatic rings. The van der Waals surface area contributed by atoms with Crippen LogP contribution >= 0.6 is 0 Å². The molecule has 0 spiro atoms. The first kappa shape index (κ1) is 48.0. The number of likely N-dealkylation sites (tertiary alicyclic amines) is 2. The van der Waals surface area contributed by atoms with Crippen molar-refractivity contribution in [2.24, 2.45) is 11.8 Å². The third-order valence-electron chi connectivity index (χ3n) is 13.1. The maximum Gasteiger partial charge on any atom is 0.407 e. The molecule has 0 saturated carbocycles. The number of nitrogens with one attached hydrogen (secondary N) is 4. The van der Waals surface area contributed by atoms with Crippen molar-refractivity contribution < 1.29 is 38.2 Å². The molecule has 3 aromatic carbocycles. The first-order chi connectivity index (χ1) is 32.3. The predicted octanol–water partition coefficient (Wildman–Crippen LogP) is 7.45. The highest BCUT2D eigenvalue weighted by Crippen LogP contribution is 2.47. The summed E-state index contributed by atoms with van der Waals surface area (Å²) in [6.07, 6.45) is 6.28. The van der Waals surface area contributed by atoms with E-state index in [0.29, 0.717) is 50.1 Å². The maximum atomic E-state index is 13.7. The summed E-state index contributed by atoms with van der Waals surface area (Å²) in [5.74, 6) is -1.60. The number of amides is 6. The zero-order chi connectivity index (χ0) is 47.8. The fraction of sp³-hybridized carbons (Fsp3) is 0.431. The fourth-order valence-electron chi connectivity index (χ4n) is 9.58. The molecule has 1 aromatic heterocycles. The average molecular weight is 915 g/mol. The quantitative estimate of drug-likeness (QED) is 0.0988. The van der Waals surface area contributed by atoms with Gasteiger partial charge in [-0.15, -0.1) is 0 Å². The number of aromatic nitrogens is 1. The van der Waals surface area contributed by atoms with Gasteiger partial charge in [-0.2, -0.15) is 0 Å². The molecule has 0 aliphatic carbocycles. The lowest BCUT2D eigenvalue weighted by Crippen LogP contribution is -2.54. The van der Waals surface area contributed by atoms with E-state index in [4.69, 9.17) is 9.47 Å². The highest BCUT2D eigenvalue weighted by atomic mass is 16.5. The van der Waals surface area contributed by atoms with Crippen molar-refractivity contribution in [3.63, 3.8) is 0 Å². The Morgan fingerprint density at radius 3 is 1.42 bits per heavy atom. The number of hydrogen-bond acceptors (Lipinski definition) is 10. The molecule has 16 nitrogen and oxygen atoms in total. The van der Waals surface area contributed by atoms with Crippen LogP contribution in [0.25, 0.3) is 11.1 Å². The summed E-state index contributed by atoms with van der Waals surface area (Å²) < 4.78 is 9.49. The summed E-state index contributed by atoms with van der Waals surface area (Å²) in [5.41, 5.74) is 6.48. The van der Waals surface area contributed by atoms with Gasteiger partial charge in [-0.3, -0.25) is 24.2 Å². The van der Waals surface area contributed by atoms with Crippen LogP contribution in [0.2, 0.25) is 0 Å². The third kappa shape index (κ3) is 11.0. The second-order valence-electron chi connectivity index (χ2n) is 18.1. The number of pyridine rings is 1. The first-order valence-electron chi connectivity index (χ1n) is 23.2. The number of alkyl carbamates (subject to hydrolysis) is 2. The Kier molecular flexibility index (Phi) is 15.4. The Balaban J connectivity index is 1.07. The van der Waals surface area contributed by atoms with Gasteiger partial charge in [0.2, 0.25) is 23.6 Å². The van der Waals surface area contributed by atoms with Gasteiger partial charge in [0.05, 0.1) is 26.3 Å². The van der Waals surface area contributed by atoms with Crippen molar-refractivity contribution in [3.05, 3.63) is 108 Å². The smallest absolute Gasteiger partial charge is 0.407 e. The summed E-state index contributed by atoms with van der Waals surface area (Å²) in [5, 5.41) is 11.3. The zero-order valence-corrected chi connectivity index (χ0v) is 39.1. The Morgan fingerprint density at radius 2 is 1.03 bits per heavy atom. The van der Waals surface area contributed by atoms with Crippen LogP contribution in [-0.2, 0) is 28.7 Å². The zero-order valence-electron chi connectivity index (χ0n) is 39.1. The van der Waals surface area contributed by atoms with E-state index in [9.17, 15) is 28.8 Å². The van der Waals surface area contributed by atoms with Gasteiger partial charge in [0.25, 0.3) is 0 Å². The molecule has 16 heteroatoms. The molecule has 3 aliphatic heterocycles. The number of benzene rings is 3. The summed E-state index contributed by atoms with van der Waals surface area (Å²) in [4.78, 5) is 88.5. The summed E-state index contributed by atoms with van der Waals surface area (Å²) in [7, 11) is 2.50. The molecule has 67 heavy (non-hydrogen) atoms. The van der Waals surface area contributed by atoms with Gasteiger partial charge in [-0.25, -0.2) is 9.59 Å². The third-order valence-corrected chi connectivity index (χ3v) is 13.1. The fourth-order valence-corrected chi connectivity index (χ4v) is 9.58. The van der Waals surface area contributed by atoms with Gasteiger partial charge in [-0.1, -0.05) is 70.2 Å². The van der Waals surface area contributed by atoms with Crippen molar-refractivity contribution in [3.8, 4) is 11.1 Å². The molecular weight excluding hydrogens is 853 g/mol. The average Bonchev–Trinajstić information content (AvgIpc) is 4.14. The van der Waals surface area contributed by atoms with E-state index in [-0.39, 0.29) is 47.5 Å². The molecule has 7 rings (SSSR count). The number of rotatable bonds is 14. The Bertz CT molecular complexity index is 2250. The lowest BCUT2D eigenvalue weighted by atomic mass is 10.0. The highest BCUT2D eigenvalue weighted by molar-refractivity contribution is 5.99. The predicted molar refractivity (Wildman–Crippen MR) is 255 cm³/mol. The number of ether oxygens (including phenoxy) is 2. The molecule has 2 unspecified atom stereocenters. The molecule has 4 heterocycles. The van der Waals surface area contributed by atoms with E-state index in [2.05, 4.69) is 55.4 Å². The van der Waals surface area contributed by atoms with Crippen LogP contribution < -0.4 is 26.2 Å². The Hall–Kier alpha value is -6.97. The lowest BCUT2D eigenvalue weighted by Gasteiger charge is -2.34. The van der Waals surface area contributed by atoms with Crippen LogP contribution in [0.5, 0.6) is 0 Å². The van der Waals surface area contributed by atoms with Crippen molar-refractivity contribution >= 4 is 52.9 Å². The number of carbonyl (C=O) groups is 6. The number of methoxy groups -OCH3 is 2. The van der Waals surface area contributed by atoms with E-state index < -0.39 is 36.4 Å². The van der Waals surface area contributed by atoms with Crippen molar-refractivity contribution in [1.29, 1.82) is 0 Å². The monoisotopic (exact) mass is 914 g/mol. The number of nitrogens with zero attached hydrogens (tertiary/aromatic N) is 4. The van der Waals surface area contributed by atoms with Crippen LogP contribution in [0.4, 0.5) is 26.7 Å². The summed E-state index contributed by atoms with van der Waals surface area (Å²) >= 11 is 0. The second kappa shape index (κ2) is 21.6. The first-order valence-corrected chi connectivity index (χ1v) is 23.2. The minimum atomic E-state index is -0.821. The highest BCUT2D eigenvalue weighted by Gasteiger charge is 2.41. The standard InChI is InChI=1S/C51H62N8O8/c1-31(2)44(55-50(64)66-5)48(62)57-28-8-11-42(57)46(60)53-37-19-13-34(14-20-37)40-25-26-41(59(40)39-23-17-33(18-24-39)36-10-7-27-52-30-36)35-15-21-38(22-16-35)54-47(61)43-12-9-29-58(43)49(63)45(32(3)4)56-51(65)67-6/h7,10,13-24,27,30-32,40-45H,8-9,11-12,25-26,28-29H2,1-6H3,(H,53,60)(H,54,61)(H,55,64)(H,56,65)/t40?,41?,42-,43-,44-,45-/m0/s1. The van der Waals surface area contributed by atoms with Crippen LogP contribution in [0.15, 0.2) is 97.3 Å². The topological polar surface area (TPSA) is 192 Å². The molecule has 0 bridgehead atoms. The molecule has 6 atom stereocenters. The van der Waals surface area contributed by atoms with E-state index in [1.54, 1.807) is 16.0 Å². The van der Waals surface area contributed by atoms with Gasteiger partial charge in [-0.05, 0) is 115 Å². The molecule has 6 amide bonds. The molecule has 3 saturated heterocycles. The normalized spacial score (nSPS) is 20.0.